The highest BCUT2D eigenvalue weighted by molar-refractivity contribution is 7.99. The van der Waals surface area contributed by atoms with E-state index in [0.29, 0.717) is 0 Å². The zero-order valence-electron chi connectivity index (χ0n) is 16.5. The molecular weight excluding hydrogens is 384 g/mol. The quantitative estimate of drug-likeness (QED) is 0.400. The van der Waals surface area contributed by atoms with Crippen LogP contribution in [0, 0.1) is 30.6 Å². The first-order valence-corrected chi connectivity index (χ1v) is 10.3. The van der Waals surface area contributed by atoms with Gasteiger partial charge in [0.1, 0.15) is 0 Å². The van der Waals surface area contributed by atoms with E-state index in [2.05, 4.69) is 77.0 Å². The molecule has 0 bridgehead atoms. The summed E-state index contributed by atoms with van der Waals surface area (Å²) in [5.74, 6) is 12.9. The first-order chi connectivity index (χ1) is 14.7. The summed E-state index contributed by atoms with van der Waals surface area (Å²) in [5.41, 5.74) is 4.99. The van der Waals surface area contributed by atoms with Gasteiger partial charge in [-0.25, -0.2) is 0 Å². The van der Waals surface area contributed by atoms with Gasteiger partial charge in [-0.15, -0.1) is 0 Å². The molecule has 0 N–H and O–H groups in total. The molecule has 2 aromatic heterocycles. The van der Waals surface area contributed by atoms with Gasteiger partial charge < -0.3 is 0 Å². The molecule has 2 nitrogen and oxygen atoms in total. The van der Waals surface area contributed by atoms with Gasteiger partial charge in [-0.1, -0.05) is 53.1 Å². The zero-order valence-corrected chi connectivity index (χ0v) is 17.3. The van der Waals surface area contributed by atoms with Crippen molar-refractivity contribution in [1.82, 2.24) is 9.97 Å². The van der Waals surface area contributed by atoms with Gasteiger partial charge in [0.2, 0.25) is 0 Å². The number of hydrogen-bond donors (Lipinski definition) is 0. The summed E-state index contributed by atoms with van der Waals surface area (Å²) in [7, 11) is 0. The number of aryl methyl sites for hydroxylation is 1. The SMILES string of the molecule is Cc1ccc(Sc2cc(C#Cc3ccncc3)cc(C#Cc3ccncc3)c2)cc1. The molecule has 0 aliphatic rings. The van der Waals surface area contributed by atoms with Gasteiger partial charge >= 0.3 is 0 Å². The van der Waals surface area contributed by atoms with Crippen molar-refractivity contribution in [2.45, 2.75) is 16.7 Å². The van der Waals surface area contributed by atoms with Crippen molar-refractivity contribution >= 4 is 11.8 Å². The largest absolute Gasteiger partial charge is 0.265 e. The Morgan fingerprint density at radius 3 is 1.50 bits per heavy atom. The molecule has 0 radical (unpaired) electrons. The van der Waals surface area contributed by atoms with Crippen LogP contribution in [0.15, 0.2) is 101 Å². The topological polar surface area (TPSA) is 25.8 Å². The summed E-state index contributed by atoms with van der Waals surface area (Å²) >= 11 is 1.71. The molecule has 0 amide bonds. The Morgan fingerprint density at radius 1 is 0.533 bits per heavy atom. The molecule has 4 rings (SSSR count). The van der Waals surface area contributed by atoms with Gasteiger partial charge in [0.15, 0.2) is 0 Å². The fraction of sp³-hybridized carbons (Fsp3) is 0.0370. The van der Waals surface area contributed by atoms with Gasteiger partial charge in [0, 0.05) is 56.8 Å². The van der Waals surface area contributed by atoms with Crippen molar-refractivity contribution in [3.8, 4) is 23.7 Å². The Balaban J connectivity index is 1.69. The predicted octanol–water partition coefficient (Wildman–Crippen LogP) is 5.74. The molecule has 2 aromatic carbocycles. The van der Waals surface area contributed by atoms with Gasteiger partial charge in [0.05, 0.1) is 0 Å². The minimum absolute atomic E-state index is 0.933. The van der Waals surface area contributed by atoms with Crippen molar-refractivity contribution in [3.05, 3.63) is 119 Å². The molecule has 2 heterocycles. The highest BCUT2D eigenvalue weighted by Gasteiger charge is 2.02. The van der Waals surface area contributed by atoms with E-state index in [9.17, 15) is 0 Å². The van der Waals surface area contributed by atoms with E-state index in [-0.39, 0.29) is 0 Å². The van der Waals surface area contributed by atoms with E-state index in [1.165, 1.54) is 10.5 Å². The standard InChI is InChI=1S/C27H18N2S/c1-21-2-8-26(9-3-21)30-27-19-24(6-4-22-10-14-28-15-11-22)18-25(20-27)7-5-23-12-16-29-17-13-23/h2-3,8-20H,1H3. The monoisotopic (exact) mass is 402 g/mol. The van der Waals surface area contributed by atoms with Crippen LogP contribution < -0.4 is 0 Å². The number of rotatable bonds is 2. The van der Waals surface area contributed by atoms with E-state index in [1.807, 2.05) is 30.3 Å². The zero-order chi connectivity index (χ0) is 20.6. The number of hydrogen-bond acceptors (Lipinski definition) is 3. The highest BCUT2D eigenvalue weighted by atomic mass is 32.2. The first-order valence-electron chi connectivity index (χ1n) is 9.48. The Kier molecular flexibility index (Phi) is 6.25. The Morgan fingerprint density at radius 2 is 1.00 bits per heavy atom. The van der Waals surface area contributed by atoms with Crippen molar-refractivity contribution < 1.29 is 0 Å². The second kappa shape index (κ2) is 9.61. The van der Waals surface area contributed by atoms with Crippen LogP contribution in [0.3, 0.4) is 0 Å². The smallest absolute Gasteiger partial charge is 0.0280 e. The van der Waals surface area contributed by atoms with Crippen LogP contribution in [0.5, 0.6) is 0 Å². The van der Waals surface area contributed by atoms with Crippen LogP contribution in [0.25, 0.3) is 0 Å². The van der Waals surface area contributed by atoms with Crippen molar-refractivity contribution in [1.29, 1.82) is 0 Å². The number of nitrogens with zero attached hydrogens (tertiary/aromatic N) is 2. The molecule has 0 atom stereocenters. The molecule has 0 unspecified atom stereocenters. The summed E-state index contributed by atoms with van der Waals surface area (Å²) in [4.78, 5) is 10.4. The molecule has 0 spiro atoms. The maximum atomic E-state index is 4.04. The molecule has 0 fully saturated rings. The average molecular weight is 403 g/mol. The molecular formula is C27H18N2S. The normalized spacial score (nSPS) is 9.77. The molecule has 0 aliphatic carbocycles. The van der Waals surface area contributed by atoms with Crippen LogP contribution in [-0.4, -0.2) is 9.97 Å². The van der Waals surface area contributed by atoms with E-state index < -0.39 is 0 Å². The summed E-state index contributed by atoms with van der Waals surface area (Å²) < 4.78 is 0. The Bertz CT molecular complexity index is 1180. The van der Waals surface area contributed by atoms with Crippen LogP contribution in [0.4, 0.5) is 0 Å². The third-order valence-electron chi connectivity index (χ3n) is 4.23. The third-order valence-corrected chi connectivity index (χ3v) is 5.21. The number of aromatic nitrogens is 2. The maximum absolute atomic E-state index is 4.04. The number of pyridine rings is 2. The fourth-order valence-corrected chi connectivity index (χ4v) is 3.62. The predicted molar refractivity (Wildman–Crippen MR) is 122 cm³/mol. The molecule has 30 heavy (non-hydrogen) atoms. The first kappa shape index (κ1) is 19.5. The minimum atomic E-state index is 0.933. The summed E-state index contributed by atoms with van der Waals surface area (Å²) in [6.45, 7) is 2.09. The van der Waals surface area contributed by atoms with Gasteiger partial charge in [-0.3, -0.25) is 9.97 Å². The molecule has 3 heteroatoms. The maximum Gasteiger partial charge on any atom is 0.0280 e. The van der Waals surface area contributed by atoms with Crippen molar-refractivity contribution in [2.24, 2.45) is 0 Å². The molecule has 0 saturated heterocycles. The molecule has 142 valence electrons. The molecule has 0 aliphatic heterocycles. The van der Waals surface area contributed by atoms with E-state index in [4.69, 9.17) is 0 Å². The lowest BCUT2D eigenvalue weighted by Gasteiger charge is -2.05. The molecule has 4 aromatic rings. The van der Waals surface area contributed by atoms with Gasteiger partial charge in [0.25, 0.3) is 0 Å². The van der Waals surface area contributed by atoms with Crippen molar-refractivity contribution in [2.75, 3.05) is 0 Å². The van der Waals surface area contributed by atoms with E-state index in [0.717, 1.165) is 27.1 Å². The minimum Gasteiger partial charge on any atom is -0.265 e. The second-order valence-corrected chi connectivity index (χ2v) is 7.78. The lowest BCUT2D eigenvalue weighted by Crippen LogP contribution is -1.84. The number of benzene rings is 2. The lowest BCUT2D eigenvalue weighted by atomic mass is 10.1. The summed E-state index contributed by atoms with van der Waals surface area (Å²) in [6.07, 6.45) is 7.00. The lowest BCUT2D eigenvalue weighted by molar-refractivity contribution is 1.32. The third kappa shape index (κ3) is 5.61. The summed E-state index contributed by atoms with van der Waals surface area (Å²) in [5, 5.41) is 0. The van der Waals surface area contributed by atoms with Crippen LogP contribution in [0.2, 0.25) is 0 Å². The van der Waals surface area contributed by atoms with Crippen LogP contribution in [0.1, 0.15) is 27.8 Å². The van der Waals surface area contributed by atoms with Crippen LogP contribution >= 0.6 is 11.8 Å². The average Bonchev–Trinajstić information content (AvgIpc) is 2.79. The Labute approximate surface area is 181 Å². The fourth-order valence-electron chi connectivity index (χ4n) is 2.70. The van der Waals surface area contributed by atoms with Crippen LogP contribution in [-0.2, 0) is 0 Å². The highest BCUT2D eigenvalue weighted by Crippen LogP contribution is 2.29. The molecule has 0 saturated carbocycles. The van der Waals surface area contributed by atoms with E-state index >= 15 is 0 Å². The summed E-state index contributed by atoms with van der Waals surface area (Å²) in [6, 6.07) is 22.4. The van der Waals surface area contributed by atoms with Gasteiger partial charge in [-0.05, 0) is 61.5 Å². The van der Waals surface area contributed by atoms with E-state index in [1.54, 1.807) is 36.5 Å². The van der Waals surface area contributed by atoms with Gasteiger partial charge in [-0.2, -0.15) is 0 Å². The second-order valence-electron chi connectivity index (χ2n) is 6.63. The Hall–Kier alpha value is -3.79. The van der Waals surface area contributed by atoms with Crippen molar-refractivity contribution in [3.63, 3.8) is 0 Å².